The van der Waals surface area contributed by atoms with E-state index in [4.69, 9.17) is 5.84 Å². The highest BCUT2D eigenvalue weighted by molar-refractivity contribution is 7.09. The van der Waals surface area contributed by atoms with Gasteiger partial charge in [0.15, 0.2) is 0 Å². The Labute approximate surface area is 100 Å². The molecule has 0 atom stereocenters. The summed E-state index contributed by atoms with van der Waals surface area (Å²) in [5.74, 6) is 5.98. The minimum atomic E-state index is 0.317. The van der Waals surface area contributed by atoms with Crippen molar-refractivity contribution in [2.24, 2.45) is 10.8 Å². The highest BCUT2D eigenvalue weighted by atomic mass is 32.1. The fourth-order valence-corrected chi connectivity index (χ4v) is 1.95. The van der Waals surface area contributed by atoms with Gasteiger partial charge in [0.05, 0.1) is 5.01 Å². The molecule has 0 amide bonds. The van der Waals surface area contributed by atoms with E-state index >= 15 is 0 Å². The van der Waals surface area contributed by atoms with Crippen LogP contribution < -0.4 is 16.6 Å². The minimum Gasteiger partial charge on any atom is -0.353 e. The van der Waals surface area contributed by atoms with Crippen LogP contribution >= 0.6 is 11.3 Å². The molecule has 0 aliphatic rings. The van der Waals surface area contributed by atoms with E-state index in [1.54, 1.807) is 11.3 Å². The molecule has 0 aromatic carbocycles. The molecule has 0 radical (unpaired) electrons. The third-order valence-electron chi connectivity index (χ3n) is 1.82. The van der Waals surface area contributed by atoms with Gasteiger partial charge in [0, 0.05) is 30.1 Å². The van der Waals surface area contributed by atoms with Crippen molar-refractivity contribution >= 4 is 17.3 Å². The topological polar surface area (TPSA) is 75.3 Å². The predicted molar refractivity (Wildman–Crippen MR) is 68.5 cm³/mol. The highest BCUT2D eigenvalue weighted by Crippen LogP contribution is 2.08. The Morgan fingerprint density at radius 2 is 2.38 bits per heavy atom. The molecular weight excluding hydrogens is 222 g/mol. The maximum atomic E-state index is 5.35. The summed E-state index contributed by atoms with van der Waals surface area (Å²) >= 11 is 1.67. The molecule has 0 fully saturated rings. The smallest absolute Gasteiger partial charge is 0.205 e. The number of aryl methyl sites for hydroxylation is 1. The molecule has 0 bridgehead atoms. The molecule has 0 aliphatic heterocycles. The fraction of sp³-hybridized carbons (Fsp3) is 0.600. The van der Waals surface area contributed by atoms with Crippen molar-refractivity contribution in [2.75, 3.05) is 6.54 Å². The maximum absolute atomic E-state index is 5.35. The number of nitrogens with zero attached hydrogens (tertiary/aromatic N) is 2. The summed E-state index contributed by atoms with van der Waals surface area (Å²) in [4.78, 5) is 8.69. The van der Waals surface area contributed by atoms with E-state index in [9.17, 15) is 0 Å². The van der Waals surface area contributed by atoms with E-state index in [1.165, 1.54) is 0 Å². The second-order valence-electron chi connectivity index (χ2n) is 3.81. The van der Waals surface area contributed by atoms with Crippen molar-refractivity contribution in [1.29, 1.82) is 0 Å². The van der Waals surface area contributed by atoms with Crippen LogP contribution in [0.15, 0.2) is 10.4 Å². The van der Waals surface area contributed by atoms with E-state index in [2.05, 4.69) is 20.7 Å². The Balaban J connectivity index is 2.39. The normalized spacial score (nSPS) is 11.9. The van der Waals surface area contributed by atoms with Gasteiger partial charge in [-0.1, -0.05) is 0 Å². The number of rotatable bonds is 4. The van der Waals surface area contributed by atoms with Crippen LogP contribution in [0.2, 0.25) is 0 Å². The Bertz CT molecular complexity index is 345. The van der Waals surface area contributed by atoms with Gasteiger partial charge in [0.25, 0.3) is 0 Å². The van der Waals surface area contributed by atoms with Crippen LogP contribution in [0.1, 0.15) is 24.5 Å². The second kappa shape index (κ2) is 6.44. The van der Waals surface area contributed by atoms with Crippen molar-refractivity contribution in [1.82, 2.24) is 15.7 Å². The average Bonchev–Trinajstić information content (AvgIpc) is 2.62. The Morgan fingerprint density at radius 1 is 1.62 bits per heavy atom. The number of hydrogen-bond acceptors (Lipinski definition) is 4. The number of guanidine groups is 1. The van der Waals surface area contributed by atoms with Crippen LogP contribution in [-0.4, -0.2) is 23.5 Å². The number of nitrogens with one attached hydrogen (secondary N) is 2. The van der Waals surface area contributed by atoms with Crippen LogP contribution in [-0.2, 0) is 6.42 Å². The molecule has 0 spiro atoms. The molecule has 1 rings (SSSR count). The lowest BCUT2D eigenvalue weighted by Gasteiger charge is -2.11. The summed E-state index contributed by atoms with van der Waals surface area (Å²) in [5, 5.41) is 6.28. The van der Waals surface area contributed by atoms with Gasteiger partial charge in [-0.05, 0) is 20.8 Å². The summed E-state index contributed by atoms with van der Waals surface area (Å²) in [7, 11) is 0. The van der Waals surface area contributed by atoms with Crippen molar-refractivity contribution in [3.8, 4) is 0 Å². The maximum Gasteiger partial charge on any atom is 0.205 e. The molecular formula is C10H19N5S. The zero-order valence-electron chi connectivity index (χ0n) is 9.95. The molecule has 6 heteroatoms. The first-order valence-electron chi connectivity index (χ1n) is 5.30. The number of hydrogen-bond donors (Lipinski definition) is 3. The van der Waals surface area contributed by atoms with Crippen LogP contribution in [0.25, 0.3) is 0 Å². The van der Waals surface area contributed by atoms with E-state index < -0.39 is 0 Å². The third-order valence-corrected chi connectivity index (χ3v) is 2.85. The lowest BCUT2D eigenvalue weighted by atomic mass is 10.4. The Hall–Kier alpha value is -1.14. The van der Waals surface area contributed by atoms with Crippen LogP contribution in [0.3, 0.4) is 0 Å². The van der Waals surface area contributed by atoms with E-state index in [0.29, 0.717) is 18.5 Å². The van der Waals surface area contributed by atoms with Crippen LogP contribution in [0, 0.1) is 6.92 Å². The SMILES string of the molecule is Cc1csc(CCN=C(NN)NC(C)C)n1. The van der Waals surface area contributed by atoms with Gasteiger partial charge < -0.3 is 5.32 Å². The minimum absolute atomic E-state index is 0.317. The Morgan fingerprint density at radius 3 is 2.88 bits per heavy atom. The zero-order chi connectivity index (χ0) is 12.0. The van der Waals surface area contributed by atoms with Gasteiger partial charge in [-0.2, -0.15) is 0 Å². The summed E-state index contributed by atoms with van der Waals surface area (Å²) in [6, 6.07) is 0.317. The molecule has 4 N–H and O–H groups in total. The molecule has 16 heavy (non-hydrogen) atoms. The first-order chi connectivity index (χ1) is 7.61. The number of thiazole rings is 1. The van der Waals surface area contributed by atoms with E-state index in [0.717, 1.165) is 17.1 Å². The van der Waals surface area contributed by atoms with Crippen LogP contribution in [0.4, 0.5) is 0 Å². The van der Waals surface area contributed by atoms with Gasteiger partial charge in [0.2, 0.25) is 5.96 Å². The lowest BCUT2D eigenvalue weighted by Crippen LogP contribution is -2.44. The predicted octanol–water partition coefficient (Wildman–Crippen LogP) is 0.811. The molecule has 0 unspecified atom stereocenters. The molecule has 5 nitrogen and oxygen atoms in total. The zero-order valence-corrected chi connectivity index (χ0v) is 10.8. The van der Waals surface area contributed by atoms with Gasteiger partial charge >= 0.3 is 0 Å². The average molecular weight is 241 g/mol. The van der Waals surface area contributed by atoms with Crippen molar-refractivity contribution in [2.45, 2.75) is 33.2 Å². The van der Waals surface area contributed by atoms with Gasteiger partial charge in [-0.3, -0.25) is 10.4 Å². The molecule has 1 aromatic heterocycles. The highest BCUT2D eigenvalue weighted by Gasteiger charge is 2.00. The number of nitrogens with two attached hydrogens (primary N) is 1. The van der Waals surface area contributed by atoms with Gasteiger partial charge in [-0.15, -0.1) is 11.3 Å². The first-order valence-corrected chi connectivity index (χ1v) is 6.18. The Kier molecular flexibility index (Phi) is 5.21. The molecule has 1 heterocycles. The van der Waals surface area contributed by atoms with Gasteiger partial charge in [0.1, 0.15) is 0 Å². The quantitative estimate of drug-likeness (QED) is 0.316. The van der Waals surface area contributed by atoms with Crippen molar-refractivity contribution in [3.05, 3.63) is 16.1 Å². The summed E-state index contributed by atoms with van der Waals surface area (Å²) < 4.78 is 0. The summed E-state index contributed by atoms with van der Waals surface area (Å²) in [6.45, 7) is 6.76. The molecule has 0 saturated carbocycles. The van der Waals surface area contributed by atoms with E-state index in [-0.39, 0.29) is 0 Å². The summed E-state index contributed by atoms with van der Waals surface area (Å²) in [6.07, 6.45) is 0.851. The first kappa shape index (κ1) is 12.9. The van der Waals surface area contributed by atoms with Crippen molar-refractivity contribution in [3.63, 3.8) is 0 Å². The van der Waals surface area contributed by atoms with Gasteiger partial charge in [-0.25, -0.2) is 10.8 Å². The molecule has 90 valence electrons. The number of aromatic nitrogens is 1. The fourth-order valence-electron chi connectivity index (χ4n) is 1.19. The molecule has 0 aliphatic carbocycles. The van der Waals surface area contributed by atoms with Crippen LogP contribution in [0.5, 0.6) is 0 Å². The summed E-state index contributed by atoms with van der Waals surface area (Å²) in [5.41, 5.74) is 3.62. The monoisotopic (exact) mass is 241 g/mol. The van der Waals surface area contributed by atoms with Crippen molar-refractivity contribution < 1.29 is 0 Å². The molecule has 1 aromatic rings. The second-order valence-corrected chi connectivity index (χ2v) is 4.75. The van der Waals surface area contributed by atoms with E-state index in [1.807, 2.05) is 26.2 Å². The third kappa shape index (κ3) is 4.59. The molecule has 0 saturated heterocycles. The number of aliphatic imine (C=N–C) groups is 1. The number of hydrazine groups is 1. The lowest BCUT2D eigenvalue weighted by molar-refractivity contribution is 0.702. The largest absolute Gasteiger partial charge is 0.353 e. The standard InChI is InChI=1S/C10H19N5S/c1-7(2)13-10(15-11)12-5-4-9-14-8(3)6-16-9/h6-7H,4-5,11H2,1-3H3,(H2,12,13,15).